The molecule has 5 nitrogen and oxygen atoms in total. The van der Waals surface area contributed by atoms with Crippen LogP contribution in [0.1, 0.15) is 57.9 Å². The molecule has 5 heteroatoms. The zero-order valence-electron chi connectivity index (χ0n) is 18.1. The third kappa shape index (κ3) is 4.31. The average Bonchev–Trinajstić information content (AvgIpc) is 3.25. The molecule has 0 saturated carbocycles. The summed E-state index contributed by atoms with van der Waals surface area (Å²) in [6, 6.07) is 8.28. The van der Waals surface area contributed by atoms with Crippen molar-refractivity contribution in [1.29, 1.82) is 0 Å². The number of amides is 1. The fraction of sp³-hybridized carbons (Fsp3) is 0.708. The third-order valence-corrected chi connectivity index (χ3v) is 7.17. The van der Waals surface area contributed by atoms with Gasteiger partial charge in [0.1, 0.15) is 5.75 Å². The van der Waals surface area contributed by atoms with Gasteiger partial charge in [0.2, 0.25) is 5.91 Å². The van der Waals surface area contributed by atoms with Crippen LogP contribution in [-0.2, 0) is 14.9 Å². The Hall–Kier alpha value is -1.59. The zero-order chi connectivity index (χ0) is 20.3. The highest BCUT2D eigenvalue weighted by Gasteiger charge is 2.50. The van der Waals surface area contributed by atoms with Crippen molar-refractivity contribution in [2.75, 3.05) is 46.0 Å². The summed E-state index contributed by atoms with van der Waals surface area (Å²) in [5.74, 6) is 1.17. The second-order valence-corrected chi connectivity index (χ2v) is 9.49. The predicted molar refractivity (Wildman–Crippen MR) is 114 cm³/mol. The summed E-state index contributed by atoms with van der Waals surface area (Å²) in [7, 11) is 0. The van der Waals surface area contributed by atoms with Gasteiger partial charge in [-0.1, -0.05) is 12.1 Å². The van der Waals surface area contributed by atoms with Crippen LogP contribution < -0.4 is 4.74 Å². The Balaban J connectivity index is 1.40. The molecule has 0 radical (unpaired) electrons. The summed E-state index contributed by atoms with van der Waals surface area (Å²) in [5.41, 5.74) is 0.628. The molecule has 3 saturated heterocycles. The van der Waals surface area contributed by atoms with Crippen molar-refractivity contribution in [1.82, 2.24) is 9.80 Å². The summed E-state index contributed by atoms with van der Waals surface area (Å²) < 4.78 is 11.6. The minimum absolute atomic E-state index is 0.0270. The number of benzene rings is 1. The van der Waals surface area contributed by atoms with E-state index in [9.17, 15) is 4.79 Å². The van der Waals surface area contributed by atoms with E-state index in [-0.39, 0.29) is 11.4 Å². The number of ether oxygens (including phenoxy) is 2. The van der Waals surface area contributed by atoms with E-state index >= 15 is 0 Å². The average molecular weight is 401 g/mol. The highest BCUT2D eigenvalue weighted by molar-refractivity contribution is 5.89. The van der Waals surface area contributed by atoms with Gasteiger partial charge in [-0.15, -0.1) is 0 Å². The lowest BCUT2D eigenvalue weighted by molar-refractivity contribution is -0.155. The maximum atomic E-state index is 13.6. The summed E-state index contributed by atoms with van der Waals surface area (Å²) in [4.78, 5) is 18.2. The lowest BCUT2D eigenvalue weighted by Crippen LogP contribution is -2.63. The van der Waals surface area contributed by atoms with Crippen LogP contribution in [0.15, 0.2) is 24.3 Å². The van der Waals surface area contributed by atoms with Crippen molar-refractivity contribution >= 4 is 5.91 Å². The predicted octanol–water partition coefficient (Wildman–Crippen LogP) is 3.61. The van der Waals surface area contributed by atoms with Gasteiger partial charge in [-0.2, -0.15) is 0 Å². The fourth-order valence-electron chi connectivity index (χ4n) is 5.01. The largest absolute Gasteiger partial charge is 0.494 e. The topological polar surface area (TPSA) is 42.0 Å². The maximum Gasteiger partial charge on any atom is 0.233 e. The van der Waals surface area contributed by atoms with Gasteiger partial charge in [-0.05, 0) is 83.2 Å². The first kappa shape index (κ1) is 20.7. The molecule has 1 amide bonds. The first-order chi connectivity index (χ1) is 14.0. The van der Waals surface area contributed by atoms with Gasteiger partial charge in [-0.3, -0.25) is 4.79 Å². The van der Waals surface area contributed by atoms with Crippen LogP contribution in [0.4, 0.5) is 0 Å². The molecule has 3 fully saturated rings. The van der Waals surface area contributed by atoms with Gasteiger partial charge in [-0.25, -0.2) is 0 Å². The number of carbonyl (C=O) groups excluding carboxylic acids is 1. The normalized spacial score (nSPS) is 23.6. The van der Waals surface area contributed by atoms with Crippen LogP contribution >= 0.6 is 0 Å². The Morgan fingerprint density at radius 3 is 2.31 bits per heavy atom. The maximum absolute atomic E-state index is 13.6. The molecule has 0 atom stereocenters. The van der Waals surface area contributed by atoms with Crippen molar-refractivity contribution in [3.05, 3.63) is 29.8 Å². The lowest BCUT2D eigenvalue weighted by Gasteiger charge is -2.53. The molecule has 3 aliphatic heterocycles. The summed E-state index contributed by atoms with van der Waals surface area (Å²) in [6.45, 7) is 10.8. The number of carbonyl (C=O) groups is 1. The minimum atomic E-state index is -0.454. The first-order valence-corrected chi connectivity index (χ1v) is 11.4. The van der Waals surface area contributed by atoms with Crippen LogP contribution in [0.2, 0.25) is 0 Å². The van der Waals surface area contributed by atoms with Gasteiger partial charge in [0.15, 0.2) is 0 Å². The molecular weight excluding hydrogens is 364 g/mol. The molecule has 0 bridgehead atoms. The van der Waals surface area contributed by atoms with Crippen LogP contribution in [0.25, 0.3) is 0 Å². The standard InChI is InChI=1S/C24H36N2O3/c1-23(2)10-16-26(23)22(27)24(11-18-28-19-12-24)20-6-8-21(9-7-20)29-17-5-15-25-13-3-4-14-25/h6-9H,3-5,10-19H2,1-2H3. The molecule has 0 aliphatic carbocycles. The van der Waals surface area contributed by atoms with Gasteiger partial charge < -0.3 is 19.3 Å². The number of likely N-dealkylation sites (tertiary alicyclic amines) is 2. The van der Waals surface area contributed by atoms with Crippen molar-refractivity contribution in [2.24, 2.45) is 0 Å². The van der Waals surface area contributed by atoms with Crippen molar-refractivity contribution in [2.45, 2.75) is 63.3 Å². The summed E-state index contributed by atoms with van der Waals surface area (Å²) >= 11 is 0. The van der Waals surface area contributed by atoms with Crippen molar-refractivity contribution in [3.63, 3.8) is 0 Å². The van der Waals surface area contributed by atoms with Crippen LogP contribution in [0.5, 0.6) is 5.75 Å². The fourth-order valence-corrected chi connectivity index (χ4v) is 5.01. The Labute approximate surface area is 175 Å². The van der Waals surface area contributed by atoms with E-state index in [2.05, 4.69) is 35.8 Å². The Bertz CT molecular complexity index is 689. The van der Waals surface area contributed by atoms with Gasteiger partial charge >= 0.3 is 0 Å². The molecule has 4 rings (SSSR count). The second-order valence-electron chi connectivity index (χ2n) is 9.49. The van der Waals surface area contributed by atoms with Crippen molar-refractivity contribution < 1.29 is 14.3 Å². The molecule has 0 spiro atoms. The second kappa shape index (κ2) is 8.65. The van der Waals surface area contributed by atoms with E-state index in [1.54, 1.807) is 0 Å². The van der Waals surface area contributed by atoms with Gasteiger partial charge in [0, 0.05) is 31.8 Å². The molecule has 29 heavy (non-hydrogen) atoms. The van der Waals surface area contributed by atoms with E-state index in [1.807, 2.05) is 12.1 Å². The third-order valence-electron chi connectivity index (χ3n) is 7.17. The monoisotopic (exact) mass is 400 g/mol. The molecular formula is C24H36N2O3. The number of nitrogens with zero attached hydrogens (tertiary/aromatic N) is 2. The molecule has 0 unspecified atom stereocenters. The zero-order valence-corrected chi connectivity index (χ0v) is 18.1. The Morgan fingerprint density at radius 1 is 1.03 bits per heavy atom. The molecule has 0 N–H and O–H groups in total. The van der Waals surface area contributed by atoms with Crippen LogP contribution in [-0.4, -0.2) is 67.2 Å². The highest BCUT2D eigenvalue weighted by atomic mass is 16.5. The van der Waals surface area contributed by atoms with Crippen LogP contribution in [0, 0.1) is 0 Å². The summed E-state index contributed by atoms with van der Waals surface area (Å²) in [5, 5.41) is 0. The molecule has 3 heterocycles. The SMILES string of the molecule is CC1(C)CCN1C(=O)C1(c2ccc(OCCCN3CCCC3)cc2)CCOCC1. The molecule has 3 aliphatic rings. The van der Waals surface area contributed by atoms with Crippen molar-refractivity contribution in [3.8, 4) is 5.75 Å². The molecule has 0 aromatic heterocycles. The summed E-state index contributed by atoms with van der Waals surface area (Å²) in [6.07, 6.45) is 6.33. The molecule has 160 valence electrons. The Morgan fingerprint density at radius 2 is 1.72 bits per heavy atom. The van der Waals surface area contributed by atoms with Gasteiger partial charge in [0.05, 0.1) is 12.0 Å². The smallest absolute Gasteiger partial charge is 0.233 e. The van der Waals surface area contributed by atoms with Gasteiger partial charge in [0.25, 0.3) is 0 Å². The highest BCUT2D eigenvalue weighted by Crippen LogP contribution is 2.42. The minimum Gasteiger partial charge on any atom is -0.494 e. The quantitative estimate of drug-likeness (QED) is 0.656. The Kier molecular flexibility index (Phi) is 6.16. The van der Waals surface area contributed by atoms with E-state index in [4.69, 9.17) is 9.47 Å². The number of rotatable bonds is 7. The number of hydrogen-bond acceptors (Lipinski definition) is 4. The molecule has 1 aromatic carbocycles. The van der Waals surface area contributed by atoms with E-state index in [1.165, 1.54) is 25.9 Å². The first-order valence-electron chi connectivity index (χ1n) is 11.4. The molecule has 1 aromatic rings. The lowest BCUT2D eigenvalue weighted by atomic mass is 9.71. The van der Waals surface area contributed by atoms with E-state index < -0.39 is 5.41 Å². The van der Waals surface area contributed by atoms with E-state index in [0.717, 1.165) is 56.7 Å². The van der Waals surface area contributed by atoms with E-state index in [0.29, 0.717) is 13.2 Å². The number of hydrogen-bond donors (Lipinski definition) is 0. The van der Waals surface area contributed by atoms with Crippen LogP contribution in [0.3, 0.4) is 0 Å².